The molecule has 1 aromatic carbocycles. The summed E-state index contributed by atoms with van der Waals surface area (Å²) in [5, 5.41) is 3.49. The number of amides is 1. The molecule has 3 nitrogen and oxygen atoms in total. The van der Waals surface area contributed by atoms with Gasteiger partial charge in [-0.15, -0.1) is 12.4 Å². The van der Waals surface area contributed by atoms with E-state index in [0.717, 1.165) is 17.9 Å². The first-order chi connectivity index (χ1) is 9.16. The summed E-state index contributed by atoms with van der Waals surface area (Å²) in [6, 6.07) is 7.24. The largest absolute Gasteiger partial charge is 0.353 e. The van der Waals surface area contributed by atoms with Crippen LogP contribution >= 0.6 is 35.9 Å². The number of carbonyl (C=O) groups is 1. The predicted octanol–water partition coefficient (Wildman–Crippen LogP) is 2.38. The number of thioether (sulfide) groups is 2. The van der Waals surface area contributed by atoms with E-state index in [9.17, 15) is 4.79 Å². The molecule has 0 aromatic heterocycles. The third-order valence-corrected chi connectivity index (χ3v) is 5.95. The number of hydrogen-bond donors (Lipinski definition) is 2. The number of benzene rings is 1. The van der Waals surface area contributed by atoms with Gasteiger partial charge in [0.2, 0.25) is 5.91 Å². The monoisotopic (exact) mass is 332 g/mol. The molecule has 1 aliphatic rings. The number of rotatable bonds is 4. The van der Waals surface area contributed by atoms with Crippen LogP contribution in [0.4, 0.5) is 0 Å². The standard InChI is InChI=1S/C14H20N2OS2.ClH/c1-10-2-4-11(5-3-10)13(15)14(17)16-8-12-9-18-6-7-19-12;/h2-5,12-13H,6-9,15H2,1H3,(H,16,17);1H. The minimum absolute atomic E-state index is 0. The van der Waals surface area contributed by atoms with Gasteiger partial charge in [0.1, 0.15) is 6.04 Å². The lowest BCUT2D eigenvalue weighted by molar-refractivity contribution is -0.122. The Hall–Kier alpha value is -0.360. The summed E-state index contributed by atoms with van der Waals surface area (Å²) in [5.41, 5.74) is 8.02. The highest BCUT2D eigenvalue weighted by Gasteiger charge is 2.19. The smallest absolute Gasteiger partial charge is 0.241 e. The number of carbonyl (C=O) groups excluding carboxylic acids is 1. The van der Waals surface area contributed by atoms with Crippen molar-refractivity contribution >= 4 is 41.8 Å². The van der Waals surface area contributed by atoms with Gasteiger partial charge < -0.3 is 11.1 Å². The van der Waals surface area contributed by atoms with Gasteiger partial charge in [0.25, 0.3) is 0 Å². The van der Waals surface area contributed by atoms with Crippen LogP contribution in [0, 0.1) is 6.92 Å². The Labute approximate surface area is 135 Å². The van der Waals surface area contributed by atoms with Crippen LogP contribution in [0.2, 0.25) is 0 Å². The highest BCUT2D eigenvalue weighted by atomic mass is 35.5. The van der Waals surface area contributed by atoms with Crippen molar-refractivity contribution in [3.05, 3.63) is 35.4 Å². The van der Waals surface area contributed by atoms with Gasteiger partial charge in [0, 0.05) is 29.1 Å². The summed E-state index contributed by atoms with van der Waals surface area (Å²) < 4.78 is 0. The molecular formula is C14H21ClN2OS2. The van der Waals surface area contributed by atoms with Crippen molar-refractivity contribution in [3.8, 4) is 0 Å². The summed E-state index contributed by atoms with van der Waals surface area (Å²) in [6.07, 6.45) is 0. The summed E-state index contributed by atoms with van der Waals surface area (Å²) in [7, 11) is 0. The van der Waals surface area contributed by atoms with Crippen LogP contribution in [-0.2, 0) is 4.79 Å². The summed E-state index contributed by atoms with van der Waals surface area (Å²) >= 11 is 3.90. The lowest BCUT2D eigenvalue weighted by Crippen LogP contribution is -2.39. The Morgan fingerprint density at radius 3 is 2.70 bits per heavy atom. The normalized spacial score (nSPS) is 19.8. The van der Waals surface area contributed by atoms with Crippen molar-refractivity contribution in [1.82, 2.24) is 5.32 Å². The third kappa shape index (κ3) is 5.20. The van der Waals surface area contributed by atoms with Crippen molar-refractivity contribution in [2.75, 3.05) is 23.8 Å². The van der Waals surface area contributed by atoms with Crippen LogP contribution in [0.5, 0.6) is 0 Å². The van der Waals surface area contributed by atoms with Gasteiger partial charge in [-0.1, -0.05) is 29.8 Å². The molecule has 2 atom stereocenters. The molecule has 1 amide bonds. The lowest BCUT2D eigenvalue weighted by Gasteiger charge is -2.22. The van der Waals surface area contributed by atoms with Gasteiger partial charge in [-0.3, -0.25) is 4.79 Å². The molecule has 0 radical (unpaired) electrons. The van der Waals surface area contributed by atoms with Crippen molar-refractivity contribution in [2.45, 2.75) is 18.2 Å². The Morgan fingerprint density at radius 2 is 2.10 bits per heavy atom. The van der Waals surface area contributed by atoms with Gasteiger partial charge in [-0.05, 0) is 12.5 Å². The molecular weight excluding hydrogens is 312 g/mol. The molecule has 2 rings (SSSR count). The molecule has 20 heavy (non-hydrogen) atoms. The fourth-order valence-electron chi connectivity index (χ4n) is 1.90. The van der Waals surface area contributed by atoms with Crippen LogP contribution in [-0.4, -0.2) is 35.0 Å². The maximum Gasteiger partial charge on any atom is 0.241 e. The second-order valence-corrected chi connectivity index (χ2v) is 7.26. The molecule has 0 saturated carbocycles. The molecule has 3 N–H and O–H groups in total. The molecule has 1 saturated heterocycles. The average molecular weight is 333 g/mol. The quantitative estimate of drug-likeness (QED) is 0.889. The maximum absolute atomic E-state index is 12.0. The first-order valence-electron chi connectivity index (χ1n) is 6.46. The molecule has 6 heteroatoms. The van der Waals surface area contributed by atoms with Gasteiger partial charge in [0.05, 0.1) is 0 Å². The summed E-state index contributed by atoms with van der Waals surface area (Å²) in [4.78, 5) is 12.0. The SMILES string of the molecule is Cc1ccc(C(N)C(=O)NCC2CSCCS2)cc1.Cl. The summed E-state index contributed by atoms with van der Waals surface area (Å²) in [5.74, 6) is 3.43. The van der Waals surface area contributed by atoms with Crippen molar-refractivity contribution < 1.29 is 4.79 Å². The zero-order chi connectivity index (χ0) is 13.7. The van der Waals surface area contributed by atoms with Gasteiger partial charge >= 0.3 is 0 Å². The zero-order valence-electron chi connectivity index (χ0n) is 11.5. The number of nitrogens with one attached hydrogen (secondary N) is 1. The number of aryl methyl sites for hydroxylation is 1. The highest BCUT2D eigenvalue weighted by Crippen LogP contribution is 2.23. The fourth-order valence-corrected chi connectivity index (χ4v) is 4.52. The lowest BCUT2D eigenvalue weighted by atomic mass is 10.1. The van der Waals surface area contributed by atoms with E-state index in [-0.39, 0.29) is 18.3 Å². The first-order valence-corrected chi connectivity index (χ1v) is 8.66. The molecule has 1 aromatic rings. The van der Waals surface area contributed by atoms with E-state index < -0.39 is 6.04 Å². The molecule has 112 valence electrons. The zero-order valence-corrected chi connectivity index (χ0v) is 14.0. The topological polar surface area (TPSA) is 55.1 Å². The van der Waals surface area contributed by atoms with Crippen LogP contribution in [0.1, 0.15) is 17.2 Å². The van der Waals surface area contributed by atoms with E-state index in [1.807, 2.05) is 54.7 Å². The second kappa shape index (κ2) is 8.82. The third-order valence-electron chi connectivity index (χ3n) is 3.11. The highest BCUT2D eigenvalue weighted by molar-refractivity contribution is 8.06. The molecule has 0 bridgehead atoms. The van der Waals surface area contributed by atoms with Crippen molar-refractivity contribution in [1.29, 1.82) is 0 Å². The fraction of sp³-hybridized carbons (Fsp3) is 0.500. The van der Waals surface area contributed by atoms with Crippen molar-refractivity contribution in [3.63, 3.8) is 0 Å². The number of nitrogens with two attached hydrogens (primary N) is 1. The minimum atomic E-state index is -0.568. The second-order valence-electron chi connectivity index (χ2n) is 4.70. The molecule has 0 aliphatic carbocycles. The molecule has 1 aliphatic heterocycles. The van der Waals surface area contributed by atoms with E-state index in [2.05, 4.69) is 5.32 Å². The molecule has 2 unspecified atom stereocenters. The first kappa shape index (κ1) is 17.7. The van der Waals surface area contributed by atoms with E-state index in [4.69, 9.17) is 5.73 Å². The van der Waals surface area contributed by atoms with Gasteiger partial charge in [0.15, 0.2) is 0 Å². The van der Waals surface area contributed by atoms with Gasteiger partial charge in [-0.2, -0.15) is 23.5 Å². The van der Waals surface area contributed by atoms with E-state index in [1.54, 1.807) is 0 Å². The molecule has 0 spiro atoms. The Morgan fingerprint density at radius 1 is 1.40 bits per heavy atom. The van der Waals surface area contributed by atoms with Crippen LogP contribution in [0.25, 0.3) is 0 Å². The Kier molecular flexibility index (Phi) is 7.80. The predicted molar refractivity (Wildman–Crippen MR) is 91.9 cm³/mol. The number of halogens is 1. The Balaban J connectivity index is 0.00000200. The van der Waals surface area contributed by atoms with E-state index >= 15 is 0 Å². The van der Waals surface area contributed by atoms with Crippen molar-refractivity contribution in [2.24, 2.45) is 5.73 Å². The van der Waals surface area contributed by atoms with Gasteiger partial charge in [-0.25, -0.2) is 0 Å². The summed E-state index contributed by atoms with van der Waals surface area (Å²) in [6.45, 7) is 2.74. The molecule has 1 heterocycles. The van der Waals surface area contributed by atoms with Crippen LogP contribution in [0.3, 0.4) is 0 Å². The van der Waals surface area contributed by atoms with Crippen LogP contribution < -0.4 is 11.1 Å². The minimum Gasteiger partial charge on any atom is -0.353 e. The Bertz CT molecular complexity index is 422. The maximum atomic E-state index is 12.0. The molecule has 1 fully saturated rings. The average Bonchev–Trinajstić information content (AvgIpc) is 2.46. The van der Waals surface area contributed by atoms with Crippen LogP contribution in [0.15, 0.2) is 24.3 Å². The van der Waals surface area contributed by atoms with E-state index in [1.165, 1.54) is 17.1 Å². The number of hydrogen-bond acceptors (Lipinski definition) is 4. The van der Waals surface area contributed by atoms with E-state index in [0.29, 0.717) is 5.25 Å².